The molecule has 0 aromatic carbocycles. The molecule has 0 saturated heterocycles. The minimum Gasteiger partial charge on any atom is -0.445 e. The van der Waals surface area contributed by atoms with Crippen LogP contribution in [0.1, 0.15) is 12.8 Å². The molecule has 14 heavy (non-hydrogen) atoms. The molecule has 1 fully saturated rings. The van der Waals surface area contributed by atoms with Gasteiger partial charge in [0.15, 0.2) is 0 Å². The average Bonchev–Trinajstić information content (AvgIpc) is 2.88. The predicted molar refractivity (Wildman–Crippen MR) is 52.1 cm³/mol. The van der Waals surface area contributed by atoms with Gasteiger partial charge < -0.3 is 20.4 Å². The van der Waals surface area contributed by atoms with Gasteiger partial charge in [-0.05, 0) is 12.8 Å². The van der Waals surface area contributed by atoms with Crippen LogP contribution in [0.25, 0.3) is 0 Å². The second kappa shape index (κ2) is 2.05. The molecular formula is C9H11N3O2. The number of anilines is 3. The molecule has 5 heteroatoms. The van der Waals surface area contributed by atoms with Crippen LogP contribution in [0, 0.1) is 0 Å². The van der Waals surface area contributed by atoms with E-state index in [-0.39, 0.29) is 17.3 Å². The first-order valence-corrected chi connectivity index (χ1v) is 4.57. The Labute approximate surface area is 80.8 Å². The van der Waals surface area contributed by atoms with Gasteiger partial charge in [-0.15, -0.1) is 0 Å². The molecule has 1 saturated carbocycles. The van der Waals surface area contributed by atoms with E-state index < -0.39 is 0 Å². The maximum absolute atomic E-state index is 11.8. The van der Waals surface area contributed by atoms with Crippen molar-refractivity contribution in [2.75, 3.05) is 23.0 Å². The van der Waals surface area contributed by atoms with E-state index in [1.807, 2.05) is 11.9 Å². The van der Waals surface area contributed by atoms with Crippen molar-refractivity contribution in [1.29, 1.82) is 0 Å². The second-order valence-electron chi connectivity index (χ2n) is 3.90. The zero-order valence-corrected chi connectivity index (χ0v) is 7.83. The number of rotatable bonds is 0. The summed E-state index contributed by atoms with van der Waals surface area (Å²) in [4.78, 5) is 13.7. The SMILES string of the molecule is CN1c2coc(N)c2NC(=O)C12CC2. The van der Waals surface area contributed by atoms with Crippen LogP contribution in [0.3, 0.4) is 0 Å². The maximum atomic E-state index is 11.8. The van der Waals surface area contributed by atoms with Crippen molar-refractivity contribution in [2.24, 2.45) is 0 Å². The number of nitrogens with two attached hydrogens (primary N) is 1. The Morgan fingerprint density at radius 2 is 2.36 bits per heavy atom. The molecule has 5 nitrogen and oxygen atoms in total. The number of furan rings is 1. The third-order valence-electron chi connectivity index (χ3n) is 3.19. The van der Waals surface area contributed by atoms with Crippen LogP contribution >= 0.6 is 0 Å². The van der Waals surface area contributed by atoms with Gasteiger partial charge in [-0.25, -0.2) is 0 Å². The molecule has 1 aliphatic carbocycles. The summed E-state index contributed by atoms with van der Waals surface area (Å²) in [5, 5.41) is 2.79. The van der Waals surface area contributed by atoms with Gasteiger partial charge in [-0.2, -0.15) is 0 Å². The minimum atomic E-state index is -0.330. The monoisotopic (exact) mass is 193 g/mol. The van der Waals surface area contributed by atoms with E-state index in [2.05, 4.69) is 5.32 Å². The van der Waals surface area contributed by atoms with Gasteiger partial charge in [0.2, 0.25) is 11.8 Å². The predicted octanol–water partition coefficient (Wildman–Crippen LogP) is 0.783. The summed E-state index contributed by atoms with van der Waals surface area (Å²) in [5.74, 6) is 0.302. The molecule has 2 heterocycles. The van der Waals surface area contributed by atoms with Gasteiger partial charge in [0.25, 0.3) is 0 Å². The second-order valence-corrected chi connectivity index (χ2v) is 3.90. The van der Waals surface area contributed by atoms with Crippen LogP contribution in [0.4, 0.5) is 17.3 Å². The molecule has 0 unspecified atom stereocenters. The third kappa shape index (κ3) is 0.685. The highest BCUT2D eigenvalue weighted by Gasteiger charge is 2.56. The molecule has 1 aromatic rings. The highest BCUT2D eigenvalue weighted by molar-refractivity contribution is 6.10. The number of nitrogens with one attached hydrogen (secondary N) is 1. The van der Waals surface area contributed by atoms with Gasteiger partial charge in [-0.3, -0.25) is 4.79 Å². The van der Waals surface area contributed by atoms with E-state index in [0.717, 1.165) is 18.5 Å². The molecule has 1 spiro atoms. The molecule has 1 aromatic heterocycles. The molecule has 3 rings (SSSR count). The molecule has 1 aliphatic heterocycles. The van der Waals surface area contributed by atoms with E-state index in [1.165, 1.54) is 0 Å². The lowest BCUT2D eigenvalue weighted by Gasteiger charge is -2.32. The van der Waals surface area contributed by atoms with Crippen LogP contribution < -0.4 is 16.0 Å². The zero-order valence-electron chi connectivity index (χ0n) is 7.83. The number of fused-ring (bicyclic) bond motifs is 1. The van der Waals surface area contributed by atoms with Crippen molar-refractivity contribution in [2.45, 2.75) is 18.4 Å². The van der Waals surface area contributed by atoms with Crippen LogP contribution in [0.5, 0.6) is 0 Å². The number of amides is 1. The Morgan fingerprint density at radius 3 is 3.00 bits per heavy atom. The number of nitrogen functional groups attached to an aromatic ring is 1. The summed E-state index contributed by atoms with van der Waals surface area (Å²) in [6.45, 7) is 0. The average molecular weight is 193 g/mol. The fourth-order valence-electron chi connectivity index (χ4n) is 2.03. The lowest BCUT2D eigenvalue weighted by Crippen LogP contribution is -2.48. The molecular weight excluding hydrogens is 182 g/mol. The molecule has 2 aliphatic rings. The first-order valence-electron chi connectivity index (χ1n) is 4.57. The smallest absolute Gasteiger partial charge is 0.250 e. The summed E-state index contributed by atoms with van der Waals surface area (Å²) in [6, 6.07) is 0. The summed E-state index contributed by atoms with van der Waals surface area (Å²) in [7, 11) is 1.90. The zero-order chi connectivity index (χ0) is 9.92. The standard InChI is InChI=1S/C9H11N3O2/c1-12-5-4-14-7(10)6(5)11-8(13)9(12)2-3-9/h4H,2-3,10H2,1H3,(H,11,13). The van der Waals surface area contributed by atoms with Crippen LogP contribution in [-0.4, -0.2) is 18.5 Å². The first kappa shape index (κ1) is 7.73. The summed E-state index contributed by atoms with van der Waals surface area (Å²) in [6.07, 6.45) is 3.39. The summed E-state index contributed by atoms with van der Waals surface area (Å²) >= 11 is 0. The highest BCUT2D eigenvalue weighted by atomic mass is 16.3. The number of likely N-dealkylation sites (N-methyl/N-ethyl adjacent to an activating group) is 1. The fourth-order valence-corrected chi connectivity index (χ4v) is 2.03. The van der Waals surface area contributed by atoms with Gasteiger partial charge in [0, 0.05) is 7.05 Å². The molecule has 1 amide bonds. The molecule has 0 radical (unpaired) electrons. The molecule has 0 bridgehead atoms. The number of hydrogen-bond acceptors (Lipinski definition) is 4. The van der Waals surface area contributed by atoms with Crippen molar-refractivity contribution in [3.05, 3.63) is 6.26 Å². The van der Waals surface area contributed by atoms with E-state index >= 15 is 0 Å². The lowest BCUT2D eigenvalue weighted by atomic mass is 10.1. The first-order chi connectivity index (χ1) is 6.65. The number of hydrogen-bond donors (Lipinski definition) is 2. The Kier molecular flexibility index (Phi) is 1.13. The normalized spacial score (nSPS) is 22.1. The quantitative estimate of drug-likeness (QED) is 0.638. The summed E-state index contributed by atoms with van der Waals surface area (Å²) in [5.41, 5.74) is 6.74. The third-order valence-corrected chi connectivity index (χ3v) is 3.19. The van der Waals surface area contributed by atoms with E-state index in [9.17, 15) is 4.79 Å². The fraction of sp³-hybridized carbons (Fsp3) is 0.444. The van der Waals surface area contributed by atoms with Gasteiger partial charge in [0.1, 0.15) is 23.2 Å². The Bertz CT molecular complexity index is 420. The van der Waals surface area contributed by atoms with Gasteiger partial charge in [0.05, 0.1) is 0 Å². The van der Waals surface area contributed by atoms with Crippen molar-refractivity contribution in [3.8, 4) is 0 Å². The topological polar surface area (TPSA) is 71.5 Å². The number of nitrogens with zero attached hydrogens (tertiary/aromatic N) is 1. The van der Waals surface area contributed by atoms with Crippen LogP contribution in [-0.2, 0) is 4.79 Å². The molecule has 0 atom stereocenters. The van der Waals surface area contributed by atoms with E-state index in [0.29, 0.717) is 5.69 Å². The van der Waals surface area contributed by atoms with Gasteiger partial charge in [-0.1, -0.05) is 0 Å². The van der Waals surface area contributed by atoms with Crippen molar-refractivity contribution >= 4 is 23.2 Å². The largest absolute Gasteiger partial charge is 0.445 e. The lowest BCUT2D eigenvalue weighted by molar-refractivity contribution is -0.118. The van der Waals surface area contributed by atoms with E-state index in [4.69, 9.17) is 10.2 Å². The molecule has 74 valence electrons. The Morgan fingerprint density at radius 1 is 1.64 bits per heavy atom. The van der Waals surface area contributed by atoms with Crippen molar-refractivity contribution in [3.63, 3.8) is 0 Å². The Balaban J connectivity index is 2.15. The summed E-state index contributed by atoms with van der Waals surface area (Å²) < 4.78 is 5.08. The van der Waals surface area contributed by atoms with Gasteiger partial charge >= 0.3 is 0 Å². The maximum Gasteiger partial charge on any atom is 0.250 e. The van der Waals surface area contributed by atoms with E-state index in [1.54, 1.807) is 6.26 Å². The van der Waals surface area contributed by atoms with Crippen molar-refractivity contribution in [1.82, 2.24) is 0 Å². The molecule has 3 N–H and O–H groups in total. The highest BCUT2D eigenvalue weighted by Crippen LogP contribution is 2.51. The number of carbonyl (C=O) groups is 1. The van der Waals surface area contributed by atoms with Crippen molar-refractivity contribution < 1.29 is 9.21 Å². The van der Waals surface area contributed by atoms with Crippen LogP contribution in [0.15, 0.2) is 10.7 Å². The minimum absolute atomic E-state index is 0.0283. The number of carbonyl (C=O) groups excluding carboxylic acids is 1. The Hall–Kier alpha value is -1.65. The van der Waals surface area contributed by atoms with Crippen LogP contribution in [0.2, 0.25) is 0 Å².